The van der Waals surface area contributed by atoms with E-state index in [9.17, 15) is 0 Å². The molecular weight excluding hydrogens is 184 g/mol. The summed E-state index contributed by atoms with van der Waals surface area (Å²) in [6.45, 7) is 0. The van der Waals surface area contributed by atoms with Gasteiger partial charge in [-0.25, -0.2) is 9.97 Å². The van der Waals surface area contributed by atoms with Crippen molar-refractivity contribution in [1.82, 2.24) is 14.4 Å². The fourth-order valence-electron chi connectivity index (χ4n) is 1.16. The van der Waals surface area contributed by atoms with E-state index >= 15 is 0 Å². The first-order valence-corrected chi connectivity index (χ1v) is 5.13. The number of rotatable bonds is 2. The number of aromatic nitrogens is 3. The average Bonchev–Trinajstić information content (AvgIpc) is 2.63. The molecule has 1 N–H and O–H groups in total. The lowest BCUT2D eigenvalue weighted by Gasteiger charge is -2.03. The highest BCUT2D eigenvalue weighted by Crippen LogP contribution is 2.19. The monoisotopic (exact) mass is 194 g/mol. The van der Waals surface area contributed by atoms with Crippen molar-refractivity contribution in [3.8, 4) is 0 Å². The van der Waals surface area contributed by atoms with Crippen molar-refractivity contribution in [2.75, 3.05) is 18.6 Å². The molecule has 2 aromatic heterocycles. The summed E-state index contributed by atoms with van der Waals surface area (Å²) < 4.78 is 1.96. The molecule has 0 spiro atoms. The Hall–Kier alpha value is -1.23. The molecule has 0 saturated heterocycles. The third kappa shape index (κ3) is 1.35. The maximum Gasteiger partial charge on any atom is 0.169 e. The van der Waals surface area contributed by atoms with Crippen molar-refractivity contribution in [3.63, 3.8) is 0 Å². The van der Waals surface area contributed by atoms with Gasteiger partial charge in [-0.15, -0.1) is 11.8 Å². The number of nitrogens with zero attached hydrogens (tertiary/aromatic N) is 3. The molecule has 0 fully saturated rings. The highest BCUT2D eigenvalue weighted by atomic mass is 32.2. The maximum atomic E-state index is 4.38. The third-order valence-corrected chi connectivity index (χ3v) is 2.45. The zero-order valence-corrected chi connectivity index (χ0v) is 8.30. The molecule has 0 radical (unpaired) electrons. The largest absolute Gasteiger partial charge is 0.372 e. The quantitative estimate of drug-likeness (QED) is 0.735. The topological polar surface area (TPSA) is 42.2 Å². The van der Waals surface area contributed by atoms with E-state index in [1.165, 1.54) is 0 Å². The van der Waals surface area contributed by atoms with E-state index in [1.54, 1.807) is 18.0 Å². The van der Waals surface area contributed by atoms with E-state index in [-0.39, 0.29) is 0 Å². The van der Waals surface area contributed by atoms with Crippen LogP contribution in [0.25, 0.3) is 5.65 Å². The van der Waals surface area contributed by atoms with Gasteiger partial charge in [0.1, 0.15) is 10.8 Å². The first-order valence-electron chi connectivity index (χ1n) is 3.90. The SMILES string of the molecule is CNc1cn2ccnc2c(SC)n1. The van der Waals surface area contributed by atoms with Crippen LogP contribution in [0.2, 0.25) is 0 Å². The molecule has 4 nitrogen and oxygen atoms in total. The van der Waals surface area contributed by atoms with Crippen LogP contribution < -0.4 is 5.32 Å². The second-order valence-corrected chi connectivity index (χ2v) is 3.34. The lowest BCUT2D eigenvalue weighted by Crippen LogP contribution is -1.97. The molecule has 0 saturated carbocycles. The fourth-order valence-corrected chi connectivity index (χ4v) is 1.69. The zero-order chi connectivity index (χ0) is 9.26. The van der Waals surface area contributed by atoms with Crippen molar-refractivity contribution in [1.29, 1.82) is 0 Å². The van der Waals surface area contributed by atoms with E-state index in [2.05, 4.69) is 15.3 Å². The summed E-state index contributed by atoms with van der Waals surface area (Å²) >= 11 is 1.60. The van der Waals surface area contributed by atoms with Gasteiger partial charge < -0.3 is 9.72 Å². The Labute approximate surface area is 80.4 Å². The Bertz CT molecular complexity index is 423. The Kier molecular flexibility index (Phi) is 2.10. The standard InChI is InChI=1S/C8H10N4S/c1-9-6-5-12-4-3-10-7(12)8(11-6)13-2/h3-5,9H,1-2H3. The van der Waals surface area contributed by atoms with Gasteiger partial charge in [0, 0.05) is 19.4 Å². The number of anilines is 1. The van der Waals surface area contributed by atoms with Gasteiger partial charge in [-0.3, -0.25) is 0 Å². The minimum Gasteiger partial charge on any atom is -0.372 e. The lowest BCUT2D eigenvalue weighted by molar-refractivity contribution is 1.03. The summed E-state index contributed by atoms with van der Waals surface area (Å²) in [6, 6.07) is 0. The molecule has 0 aliphatic rings. The molecule has 2 heterocycles. The summed E-state index contributed by atoms with van der Waals surface area (Å²) in [6.07, 6.45) is 7.60. The number of fused-ring (bicyclic) bond motifs is 1. The highest BCUT2D eigenvalue weighted by molar-refractivity contribution is 7.98. The molecule has 13 heavy (non-hydrogen) atoms. The van der Waals surface area contributed by atoms with Gasteiger partial charge in [0.05, 0.1) is 6.20 Å². The average molecular weight is 194 g/mol. The molecule has 2 rings (SSSR count). The van der Waals surface area contributed by atoms with Gasteiger partial charge in [-0.05, 0) is 6.26 Å². The Morgan fingerprint density at radius 1 is 1.54 bits per heavy atom. The molecule has 0 aliphatic carbocycles. The van der Waals surface area contributed by atoms with Gasteiger partial charge >= 0.3 is 0 Å². The van der Waals surface area contributed by atoms with Crippen molar-refractivity contribution in [3.05, 3.63) is 18.6 Å². The predicted molar refractivity (Wildman–Crippen MR) is 54.3 cm³/mol. The van der Waals surface area contributed by atoms with E-state index in [0.29, 0.717) is 0 Å². The summed E-state index contributed by atoms with van der Waals surface area (Å²) in [4.78, 5) is 8.60. The van der Waals surface area contributed by atoms with Gasteiger partial charge in [-0.1, -0.05) is 0 Å². The van der Waals surface area contributed by atoms with Crippen LogP contribution >= 0.6 is 11.8 Å². The number of nitrogens with one attached hydrogen (secondary N) is 1. The summed E-state index contributed by atoms with van der Waals surface area (Å²) in [7, 11) is 1.86. The van der Waals surface area contributed by atoms with Crippen LogP contribution in [0, 0.1) is 0 Å². The third-order valence-electron chi connectivity index (χ3n) is 1.79. The van der Waals surface area contributed by atoms with Crippen molar-refractivity contribution < 1.29 is 0 Å². The minimum absolute atomic E-state index is 0.856. The zero-order valence-electron chi connectivity index (χ0n) is 7.48. The Morgan fingerprint density at radius 3 is 3.08 bits per heavy atom. The van der Waals surface area contributed by atoms with Crippen LogP contribution in [0.5, 0.6) is 0 Å². The molecule has 0 aromatic carbocycles. The fraction of sp³-hybridized carbons (Fsp3) is 0.250. The van der Waals surface area contributed by atoms with Crippen LogP contribution in [0.15, 0.2) is 23.6 Å². The summed E-state index contributed by atoms with van der Waals surface area (Å²) in [5.41, 5.74) is 0.909. The van der Waals surface area contributed by atoms with E-state index < -0.39 is 0 Å². The molecule has 5 heteroatoms. The summed E-state index contributed by atoms with van der Waals surface area (Å²) in [5.74, 6) is 0.856. The first-order chi connectivity index (χ1) is 6.35. The minimum atomic E-state index is 0.856. The smallest absolute Gasteiger partial charge is 0.169 e. The number of thioether (sulfide) groups is 1. The molecule has 0 aliphatic heterocycles. The molecule has 68 valence electrons. The second-order valence-electron chi connectivity index (χ2n) is 2.54. The van der Waals surface area contributed by atoms with Crippen molar-refractivity contribution in [2.24, 2.45) is 0 Å². The Morgan fingerprint density at radius 2 is 2.38 bits per heavy atom. The van der Waals surface area contributed by atoms with Crippen molar-refractivity contribution >= 4 is 23.2 Å². The first kappa shape index (κ1) is 8.37. The maximum absolute atomic E-state index is 4.38. The van der Waals surface area contributed by atoms with E-state index in [0.717, 1.165) is 16.5 Å². The van der Waals surface area contributed by atoms with E-state index in [1.807, 2.05) is 30.1 Å². The number of hydrogen-bond donors (Lipinski definition) is 1. The van der Waals surface area contributed by atoms with Crippen molar-refractivity contribution in [2.45, 2.75) is 5.03 Å². The van der Waals surface area contributed by atoms with Gasteiger partial charge in [-0.2, -0.15) is 0 Å². The van der Waals surface area contributed by atoms with Gasteiger partial charge in [0.2, 0.25) is 0 Å². The van der Waals surface area contributed by atoms with Crippen LogP contribution in [-0.4, -0.2) is 27.7 Å². The second kappa shape index (κ2) is 3.26. The van der Waals surface area contributed by atoms with Crippen LogP contribution in [0.4, 0.5) is 5.82 Å². The molecule has 0 bridgehead atoms. The van der Waals surface area contributed by atoms with Crippen LogP contribution in [0.1, 0.15) is 0 Å². The van der Waals surface area contributed by atoms with Gasteiger partial charge in [0.15, 0.2) is 5.65 Å². The predicted octanol–water partition coefficient (Wildman–Crippen LogP) is 1.49. The summed E-state index contributed by atoms with van der Waals surface area (Å²) in [5, 5.41) is 3.95. The number of hydrogen-bond acceptors (Lipinski definition) is 4. The number of imidazole rings is 1. The van der Waals surface area contributed by atoms with Crippen LogP contribution in [-0.2, 0) is 0 Å². The van der Waals surface area contributed by atoms with E-state index in [4.69, 9.17) is 0 Å². The van der Waals surface area contributed by atoms with Crippen LogP contribution in [0.3, 0.4) is 0 Å². The van der Waals surface area contributed by atoms with Gasteiger partial charge in [0.25, 0.3) is 0 Å². The lowest BCUT2D eigenvalue weighted by atomic mass is 10.6. The molecule has 0 unspecified atom stereocenters. The highest BCUT2D eigenvalue weighted by Gasteiger charge is 2.04. The Balaban J connectivity index is 2.70. The molecule has 0 amide bonds. The molecule has 0 atom stereocenters. The molecule has 2 aromatic rings. The molecular formula is C8H10N4S. The normalized spacial score (nSPS) is 10.6.